The molecule has 2 heterocycles. The molecule has 2 amide bonds. The van der Waals surface area contributed by atoms with Crippen LogP contribution in [0.25, 0.3) is 0 Å². The van der Waals surface area contributed by atoms with Gasteiger partial charge in [-0.15, -0.1) is 0 Å². The van der Waals surface area contributed by atoms with Crippen molar-refractivity contribution in [1.82, 2.24) is 0 Å². The van der Waals surface area contributed by atoms with Crippen LogP contribution in [0.5, 0.6) is 11.5 Å². The fraction of sp³-hybridized carbons (Fsp3) is 0.188. The number of para-hydroxylation sites is 3. The zero-order chi connectivity index (χ0) is 26.3. The molecule has 6 heteroatoms. The van der Waals surface area contributed by atoms with Crippen molar-refractivity contribution in [1.29, 1.82) is 0 Å². The first-order chi connectivity index (χ1) is 18.5. The van der Waals surface area contributed by atoms with Gasteiger partial charge in [0.25, 0.3) is 11.8 Å². The summed E-state index contributed by atoms with van der Waals surface area (Å²) in [6.45, 7) is 2.04. The molecule has 6 nitrogen and oxygen atoms in total. The number of amides is 2. The van der Waals surface area contributed by atoms with Gasteiger partial charge in [0.05, 0.1) is 18.5 Å². The summed E-state index contributed by atoms with van der Waals surface area (Å²) in [5, 5.41) is 0. The molecule has 0 spiro atoms. The van der Waals surface area contributed by atoms with E-state index in [4.69, 9.17) is 9.47 Å². The predicted molar refractivity (Wildman–Crippen MR) is 147 cm³/mol. The molecule has 0 N–H and O–H groups in total. The molecule has 4 aromatic carbocycles. The van der Waals surface area contributed by atoms with Crippen molar-refractivity contribution in [2.75, 3.05) is 16.9 Å². The Morgan fingerprint density at radius 1 is 0.789 bits per heavy atom. The summed E-state index contributed by atoms with van der Waals surface area (Å²) in [5.74, 6) is 1.11. The summed E-state index contributed by atoms with van der Waals surface area (Å²) < 4.78 is 11.8. The Hall–Kier alpha value is -4.58. The third-order valence-electron chi connectivity index (χ3n) is 7.53. The number of benzene rings is 4. The van der Waals surface area contributed by atoms with Crippen LogP contribution in [0, 0.1) is 0 Å². The average Bonchev–Trinajstić information content (AvgIpc) is 3.07. The van der Waals surface area contributed by atoms with Gasteiger partial charge in [-0.1, -0.05) is 60.7 Å². The number of carbonyl (C=O) groups is 2. The number of ether oxygens (including phenoxy) is 2. The van der Waals surface area contributed by atoms with Gasteiger partial charge in [0.15, 0.2) is 0 Å². The fourth-order valence-corrected chi connectivity index (χ4v) is 5.83. The van der Waals surface area contributed by atoms with Crippen LogP contribution >= 0.6 is 0 Å². The van der Waals surface area contributed by atoms with E-state index in [1.807, 2.05) is 126 Å². The Morgan fingerprint density at radius 3 is 2.05 bits per heavy atom. The summed E-state index contributed by atoms with van der Waals surface area (Å²) in [6, 6.07) is 33.8. The maximum atomic E-state index is 13.9. The first-order valence-electron chi connectivity index (χ1n) is 12.7. The van der Waals surface area contributed by atoms with Crippen LogP contribution in [0.15, 0.2) is 109 Å². The predicted octanol–water partition coefficient (Wildman–Crippen LogP) is 5.82. The van der Waals surface area contributed by atoms with Crippen LogP contribution in [-0.2, 0) is 10.3 Å². The molecule has 1 saturated heterocycles. The van der Waals surface area contributed by atoms with Gasteiger partial charge < -0.3 is 14.4 Å². The van der Waals surface area contributed by atoms with E-state index in [9.17, 15) is 9.59 Å². The highest BCUT2D eigenvalue weighted by molar-refractivity contribution is 6.14. The minimum atomic E-state index is -0.833. The first-order valence-corrected chi connectivity index (χ1v) is 12.7. The van der Waals surface area contributed by atoms with Gasteiger partial charge in [-0.3, -0.25) is 14.5 Å². The van der Waals surface area contributed by atoms with Crippen molar-refractivity contribution in [3.63, 3.8) is 0 Å². The lowest BCUT2D eigenvalue weighted by Gasteiger charge is -2.56. The van der Waals surface area contributed by atoms with E-state index in [-0.39, 0.29) is 17.9 Å². The van der Waals surface area contributed by atoms with Gasteiger partial charge in [0.2, 0.25) is 6.10 Å². The maximum Gasteiger partial charge on any atom is 0.271 e. The molecule has 0 unspecified atom stereocenters. The van der Waals surface area contributed by atoms with Crippen molar-refractivity contribution in [3.05, 3.63) is 120 Å². The minimum Gasteiger partial charge on any atom is -0.497 e. The van der Waals surface area contributed by atoms with Crippen LogP contribution in [0.4, 0.5) is 11.4 Å². The van der Waals surface area contributed by atoms with E-state index < -0.39 is 11.6 Å². The fourth-order valence-electron chi connectivity index (χ4n) is 5.83. The molecule has 0 saturated carbocycles. The second-order valence-corrected chi connectivity index (χ2v) is 9.72. The van der Waals surface area contributed by atoms with Crippen LogP contribution in [0.1, 0.15) is 29.3 Å². The zero-order valence-corrected chi connectivity index (χ0v) is 21.3. The molecule has 2 aliphatic heterocycles. The molecule has 1 fully saturated rings. The van der Waals surface area contributed by atoms with Gasteiger partial charge in [-0.25, -0.2) is 0 Å². The Labute approximate surface area is 222 Å². The molecule has 4 aromatic rings. The molecule has 190 valence electrons. The smallest absolute Gasteiger partial charge is 0.271 e. The number of methoxy groups -OCH3 is 1. The number of β-lactam (4-membered cyclic amide) rings is 1. The Morgan fingerprint density at radius 2 is 1.39 bits per heavy atom. The normalized spacial score (nSPS) is 22.0. The van der Waals surface area contributed by atoms with E-state index in [1.165, 1.54) is 0 Å². The highest BCUT2D eigenvalue weighted by atomic mass is 16.5. The summed E-state index contributed by atoms with van der Waals surface area (Å²) in [7, 11) is 1.63. The molecule has 38 heavy (non-hydrogen) atoms. The van der Waals surface area contributed by atoms with Crippen molar-refractivity contribution in [2.24, 2.45) is 0 Å². The second-order valence-electron chi connectivity index (χ2n) is 9.72. The van der Waals surface area contributed by atoms with Crippen molar-refractivity contribution in [3.8, 4) is 11.5 Å². The molecule has 0 aliphatic carbocycles. The zero-order valence-electron chi connectivity index (χ0n) is 21.3. The quantitative estimate of drug-likeness (QED) is 0.321. The summed E-state index contributed by atoms with van der Waals surface area (Å²) >= 11 is 0. The molecule has 0 bridgehead atoms. The number of carbonyl (C=O) groups excluding carboxylic acids is 2. The van der Waals surface area contributed by atoms with E-state index in [2.05, 4.69) is 0 Å². The summed E-state index contributed by atoms with van der Waals surface area (Å²) in [6.07, 6.45) is -0.281. The number of hydrogen-bond donors (Lipinski definition) is 0. The molecule has 0 aromatic heterocycles. The number of rotatable bonds is 5. The Balaban J connectivity index is 1.53. The summed E-state index contributed by atoms with van der Waals surface area (Å²) in [5.41, 5.74) is 2.08. The Kier molecular flexibility index (Phi) is 5.87. The van der Waals surface area contributed by atoms with Crippen molar-refractivity contribution < 1.29 is 19.1 Å². The highest BCUT2D eigenvalue weighted by Crippen LogP contribution is 2.55. The maximum absolute atomic E-state index is 13.9. The van der Waals surface area contributed by atoms with Crippen molar-refractivity contribution in [2.45, 2.75) is 31.0 Å². The number of fused-ring (bicyclic) bond motifs is 3. The molecule has 3 atom stereocenters. The Bertz CT molecular complexity index is 1470. The lowest BCUT2D eigenvalue weighted by Crippen LogP contribution is -2.75. The van der Waals surface area contributed by atoms with Gasteiger partial charge in [0, 0.05) is 18.0 Å². The van der Waals surface area contributed by atoms with E-state index >= 15 is 0 Å². The number of nitrogens with zero attached hydrogens (tertiary/aromatic N) is 2. The third-order valence-corrected chi connectivity index (χ3v) is 7.53. The van der Waals surface area contributed by atoms with E-state index in [0.717, 1.165) is 11.3 Å². The third kappa shape index (κ3) is 3.64. The van der Waals surface area contributed by atoms with E-state index in [1.54, 1.807) is 7.11 Å². The highest BCUT2D eigenvalue weighted by Gasteiger charge is 2.66. The van der Waals surface area contributed by atoms with Crippen LogP contribution in [0.3, 0.4) is 0 Å². The largest absolute Gasteiger partial charge is 0.497 e. The average molecular weight is 505 g/mol. The van der Waals surface area contributed by atoms with Crippen LogP contribution in [-0.4, -0.2) is 31.1 Å². The summed E-state index contributed by atoms with van der Waals surface area (Å²) in [4.78, 5) is 31.5. The second kappa shape index (κ2) is 9.38. The minimum absolute atomic E-state index is 0.106. The van der Waals surface area contributed by atoms with Gasteiger partial charge >= 0.3 is 0 Å². The molecular formula is C32H28N2O4. The number of anilines is 2. The lowest BCUT2D eigenvalue weighted by molar-refractivity contribution is -0.142. The molecular weight excluding hydrogens is 476 g/mol. The van der Waals surface area contributed by atoms with Crippen LogP contribution in [0.2, 0.25) is 0 Å². The first kappa shape index (κ1) is 23.8. The SMILES string of the molecule is COc1ccc([C@]23C[C@@H](C)N(C(=O)c4ccccc4)c4ccccc4N2C(=O)[C@@H]3Oc2ccccc2)cc1. The molecule has 6 rings (SSSR count). The van der Waals surface area contributed by atoms with Crippen molar-refractivity contribution >= 4 is 23.2 Å². The molecule has 0 radical (unpaired) electrons. The van der Waals surface area contributed by atoms with Gasteiger partial charge in [-0.05, 0) is 61.0 Å². The lowest BCUT2D eigenvalue weighted by atomic mass is 9.70. The van der Waals surface area contributed by atoms with Crippen LogP contribution < -0.4 is 19.3 Å². The number of hydrogen-bond acceptors (Lipinski definition) is 4. The molecule has 2 aliphatic rings. The monoisotopic (exact) mass is 504 g/mol. The topological polar surface area (TPSA) is 59.1 Å². The van der Waals surface area contributed by atoms with Gasteiger partial charge in [0.1, 0.15) is 17.0 Å². The standard InChI is InChI=1S/C32H28N2O4/c1-22-21-32(24-17-19-25(37-2)20-18-24)29(38-26-13-7-4-8-14-26)31(36)34(32)28-16-10-9-15-27(28)33(22)30(35)23-11-5-3-6-12-23/h3-20,22,29H,21H2,1-2H3/t22-,29+,32+/m1/s1. The van der Waals surface area contributed by atoms with Gasteiger partial charge in [-0.2, -0.15) is 0 Å². The van der Waals surface area contributed by atoms with E-state index in [0.29, 0.717) is 29.1 Å².